The molecule has 1 heterocycles. The minimum Gasteiger partial charge on any atom is -0.481 e. The average molecular weight is 291 g/mol. The standard InChI is InChI=1S/C13H13F4NO2/c14-11-4-2-1-3-8(11)5-18-6-9(12(19)20)10(7-18)13(15,16)17/h1-4,9-10H,5-7H2,(H,19,20)/t9-,10-/m1/s1. The van der Waals surface area contributed by atoms with Gasteiger partial charge in [0.25, 0.3) is 0 Å². The summed E-state index contributed by atoms with van der Waals surface area (Å²) in [6.45, 7) is -0.675. The Labute approximate surface area is 112 Å². The zero-order valence-corrected chi connectivity index (χ0v) is 10.4. The number of carboxylic acid groups (broad SMARTS) is 1. The molecule has 1 saturated heterocycles. The summed E-state index contributed by atoms with van der Waals surface area (Å²) >= 11 is 0. The SMILES string of the molecule is O=C(O)[C@@H]1CN(Cc2ccccc2F)C[C@H]1C(F)(F)F. The number of aliphatic carboxylic acids is 1. The van der Waals surface area contributed by atoms with Gasteiger partial charge in [0, 0.05) is 25.2 Å². The lowest BCUT2D eigenvalue weighted by molar-refractivity contribution is -0.188. The number of benzene rings is 1. The van der Waals surface area contributed by atoms with Crippen LogP contribution in [0.2, 0.25) is 0 Å². The molecule has 0 aliphatic carbocycles. The first-order valence-corrected chi connectivity index (χ1v) is 6.04. The normalized spacial score (nSPS) is 24.0. The fraction of sp³-hybridized carbons (Fsp3) is 0.462. The van der Waals surface area contributed by atoms with E-state index in [9.17, 15) is 22.4 Å². The van der Waals surface area contributed by atoms with Gasteiger partial charge in [0.15, 0.2) is 0 Å². The first-order chi connectivity index (χ1) is 9.29. The molecule has 0 saturated carbocycles. The van der Waals surface area contributed by atoms with Crippen LogP contribution in [0, 0.1) is 17.7 Å². The van der Waals surface area contributed by atoms with Crippen molar-refractivity contribution >= 4 is 5.97 Å². The maximum atomic E-state index is 13.5. The van der Waals surface area contributed by atoms with Gasteiger partial charge in [-0.3, -0.25) is 9.69 Å². The first kappa shape index (κ1) is 14.8. The summed E-state index contributed by atoms with van der Waals surface area (Å²) in [7, 11) is 0. The van der Waals surface area contributed by atoms with Crippen molar-refractivity contribution in [2.24, 2.45) is 11.8 Å². The van der Waals surface area contributed by atoms with E-state index in [2.05, 4.69) is 0 Å². The molecule has 1 aromatic carbocycles. The van der Waals surface area contributed by atoms with Gasteiger partial charge >= 0.3 is 12.1 Å². The highest BCUT2D eigenvalue weighted by Gasteiger charge is 2.52. The number of likely N-dealkylation sites (tertiary alicyclic amines) is 1. The minimum absolute atomic E-state index is 0.0248. The van der Waals surface area contributed by atoms with E-state index in [0.717, 1.165) is 0 Å². The predicted molar refractivity (Wildman–Crippen MR) is 62.3 cm³/mol. The third-order valence-electron chi connectivity index (χ3n) is 3.48. The molecule has 20 heavy (non-hydrogen) atoms. The number of nitrogens with zero attached hydrogens (tertiary/aromatic N) is 1. The summed E-state index contributed by atoms with van der Waals surface area (Å²) in [6.07, 6.45) is -4.56. The van der Waals surface area contributed by atoms with Crippen molar-refractivity contribution in [3.63, 3.8) is 0 Å². The lowest BCUT2D eigenvalue weighted by Gasteiger charge is -2.18. The molecule has 1 aliphatic heterocycles. The van der Waals surface area contributed by atoms with Gasteiger partial charge in [0.2, 0.25) is 0 Å². The molecule has 110 valence electrons. The number of rotatable bonds is 3. The van der Waals surface area contributed by atoms with Crippen molar-refractivity contribution < 1.29 is 27.5 Å². The topological polar surface area (TPSA) is 40.5 Å². The van der Waals surface area contributed by atoms with Crippen LogP contribution < -0.4 is 0 Å². The largest absolute Gasteiger partial charge is 0.481 e. The Bertz CT molecular complexity index is 503. The molecule has 1 aliphatic rings. The molecule has 1 aromatic rings. The first-order valence-electron chi connectivity index (χ1n) is 6.04. The van der Waals surface area contributed by atoms with E-state index in [1.54, 1.807) is 6.07 Å². The van der Waals surface area contributed by atoms with Crippen LogP contribution in [0.5, 0.6) is 0 Å². The Kier molecular flexibility index (Phi) is 3.99. The van der Waals surface area contributed by atoms with Crippen LogP contribution in [0.15, 0.2) is 24.3 Å². The van der Waals surface area contributed by atoms with Crippen LogP contribution >= 0.6 is 0 Å². The zero-order chi connectivity index (χ0) is 14.9. The number of alkyl halides is 3. The number of hydrogen-bond acceptors (Lipinski definition) is 2. The highest BCUT2D eigenvalue weighted by atomic mass is 19.4. The fourth-order valence-corrected chi connectivity index (χ4v) is 2.46. The van der Waals surface area contributed by atoms with Crippen molar-refractivity contribution in [1.29, 1.82) is 0 Å². The molecule has 0 spiro atoms. The number of halogens is 4. The molecular weight excluding hydrogens is 278 g/mol. The number of hydrogen-bond donors (Lipinski definition) is 1. The highest BCUT2D eigenvalue weighted by molar-refractivity contribution is 5.71. The fourth-order valence-electron chi connectivity index (χ4n) is 2.46. The van der Waals surface area contributed by atoms with E-state index in [0.29, 0.717) is 0 Å². The Morgan fingerprint density at radius 3 is 2.45 bits per heavy atom. The molecule has 3 nitrogen and oxygen atoms in total. The molecule has 0 bridgehead atoms. The smallest absolute Gasteiger partial charge is 0.393 e. The lowest BCUT2D eigenvalue weighted by Crippen LogP contribution is -2.33. The van der Waals surface area contributed by atoms with Crippen LogP contribution in [-0.2, 0) is 11.3 Å². The van der Waals surface area contributed by atoms with Gasteiger partial charge in [-0.2, -0.15) is 13.2 Å². The van der Waals surface area contributed by atoms with E-state index >= 15 is 0 Å². The Morgan fingerprint density at radius 1 is 1.30 bits per heavy atom. The van der Waals surface area contributed by atoms with Crippen LogP contribution in [0.4, 0.5) is 17.6 Å². The monoisotopic (exact) mass is 291 g/mol. The molecule has 0 amide bonds. The van der Waals surface area contributed by atoms with E-state index in [1.165, 1.54) is 23.1 Å². The maximum absolute atomic E-state index is 13.5. The average Bonchev–Trinajstić information content (AvgIpc) is 2.76. The molecule has 0 radical (unpaired) electrons. The molecule has 0 aromatic heterocycles. The Balaban J connectivity index is 2.13. The third kappa shape index (κ3) is 3.09. The van der Waals surface area contributed by atoms with Gasteiger partial charge in [-0.1, -0.05) is 18.2 Å². The van der Waals surface area contributed by atoms with Gasteiger partial charge in [0.05, 0.1) is 11.8 Å². The molecule has 1 N–H and O–H groups in total. The minimum atomic E-state index is -4.56. The summed E-state index contributed by atoms with van der Waals surface area (Å²) in [6, 6.07) is 5.78. The molecule has 1 fully saturated rings. The molecular formula is C13H13F4NO2. The van der Waals surface area contributed by atoms with Gasteiger partial charge in [0.1, 0.15) is 5.82 Å². The second-order valence-corrected chi connectivity index (χ2v) is 4.88. The van der Waals surface area contributed by atoms with Gasteiger partial charge in [-0.05, 0) is 6.07 Å². The maximum Gasteiger partial charge on any atom is 0.393 e. The molecule has 2 rings (SSSR count). The van der Waals surface area contributed by atoms with Gasteiger partial charge in [-0.25, -0.2) is 4.39 Å². The van der Waals surface area contributed by atoms with Crippen molar-refractivity contribution in [1.82, 2.24) is 4.90 Å². The zero-order valence-electron chi connectivity index (χ0n) is 10.4. The van der Waals surface area contributed by atoms with Crippen molar-refractivity contribution in [2.45, 2.75) is 12.7 Å². The third-order valence-corrected chi connectivity index (χ3v) is 3.48. The van der Waals surface area contributed by atoms with Crippen molar-refractivity contribution in [2.75, 3.05) is 13.1 Å². The molecule has 2 atom stereocenters. The summed E-state index contributed by atoms with van der Waals surface area (Å²) in [4.78, 5) is 12.3. The van der Waals surface area contributed by atoms with Gasteiger partial charge in [-0.15, -0.1) is 0 Å². The summed E-state index contributed by atoms with van der Waals surface area (Å²) in [5.41, 5.74) is 0.263. The number of carboxylic acids is 1. The van der Waals surface area contributed by atoms with Crippen molar-refractivity contribution in [3.8, 4) is 0 Å². The van der Waals surface area contributed by atoms with Crippen LogP contribution in [0.1, 0.15) is 5.56 Å². The molecule has 7 heteroatoms. The Morgan fingerprint density at radius 2 is 1.95 bits per heavy atom. The summed E-state index contributed by atoms with van der Waals surface area (Å²) < 4.78 is 51.9. The quantitative estimate of drug-likeness (QED) is 0.870. The summed E-state index contributed by atoms with van der Waals surface area (Å²) in [5, 5.41) is 8.88. The van der Waals surface area contributed by atoms with E-state index < -0.39 is 36.3 Å². The second-order valence-electron chi connectivity index (χ2n) is 4.88. The molecule has 0 unspecified atom stereocenters. The van der Waals surface area contributed by atoms with E-state index in [-0.39, 0.29) is 18.7 Å². The number of carbonyl (C=O) groups is 1. The second kappa shape index (κ2) is 5.40. The van der Waals surface area contributed by atoms with E-state index in [4.69, 9.17) is 5.11 Å². The Hall–Kier alpha value is -1.63. The van der Waals surface area contributed by atoms with Crippen LogP contribution in [-0.4, -0.2) is 35.2 Å². The van der Waals surface area contributed by atoms with E-state index in [1.807, 2.05) is 0 Å². The van der Waals surface area contributed by atoms with Gasteiger partial charge < -0.3 is 5.11 Å². The highest BCUT2D eigenvalue weighted by Crippen LogP contribution is 2.38. The predicted octanol–water partition coefficient (Wildman–Crippen LogP) is 2.52. The lowest BCUT2D eigenvalue weighted by atomic mass is 9.96. The summed E-state index contributed by atoms with van der Waals surface area (Å²) in [5.74, 6) is -5.38. The van der Waals surface area contributed by atoms with Crippen LogP contribution in [0.3, 0.4) is 0 Å². The van der Waals surface area contributed by atoms with Crippen molar-refractivity contribution in [3.05, 3.63) is 35.6 Å². The van der Waals surface area contributed by atoms with Crippen LogP contribution in [0.25, 0.3) is 0 Å².